The number of hydrogen-bond acceptors (Lipinski definition) is 6. The van der Waals surface area contributed by atoms with Crippen LogP contribution in [-0.4, -0.2) is 38.4 Å². The summed E-state index contributed by atoms with van der Waals surface area (Å²) in [5.41, 5.74) is 4.53. The molecule has 4 rings (SSSR count). The highest BCUT2D eigenvalue weighted by molar-refractivity contribution is 5.85. The Hall–Kier alpha value is -2.70. The Morgan fingerprint density at radius 1 is 0.562 bits per heavy atom. The number of esters is 2. The predicted molar refractivity (Wildman–Crippen MR) is 192 cm³/mol. The normalized spacial score (nSPS) is 22.5. The number of carbonyl (C=O) groups is 2. The molecule has 0 saturated heterocycles. The largest absolute Gasteiger partial charge is 0.459 e. The van der Waals surface area contributed by atoms with Gasteiger partial charge in [-0.25, -0.2) is 9.59 Å². The fourth-order valence-corrected chi connectivity index (χ4v) is 7.87. The van der Waals surface area contributed by atoms with Gasteiger partial charge >= 0.3 is 11.9 Å². The van der Waals surface area contributed by atoms with Crippen LogP contribution in [0.5, 0.6) is 0 Å². The van der Waals surface area contributed by atoms with Gasteiger partial charge in [-0.3, -0.25) is 0 Å². The summed E-state index contributed by atoms with van der Waals surface area (Å²) in [6, 6.07) is 16.8. The molecule has 2 aromatic rings. The second kappa shape index (κ2) is 20.7. The minimum atomic E-state index is -1.23. The zero-order valence-corrected chi connectivity index (χ0v) is 30.3. The molecular weight excluding hydrogens is 600 g/mol. The minimum absolute atomic E-state index is 0.0987. The minimum Gasteiger partial charge on any atom is -0.459 e. The number of benzene rings is 2. The molecule has 6 nitrogen and oxygen atoms in total. The summed E-state index contributed by atoms with van der Waals surface area (Å²) in [5.74, 6) is 1.68. The first kappa shape index (κ1) is 38.1. The molecule has 0 aromatic heterocycles. The molecule has 0 bridgehead atoms. The van der Waals surface area contributed by atoms with Crippen LogP contribution in [0.3, 0.4) is 0 Å². The molecule has 2 aliphatic carbocycles. The van der Waals surface area contributed by atoms with Gasteiger partial charge in [-0.15, -0.1) is 0 Å². The first-order valence-corrected chi connectivity index (χ1v) is 19.0. The van der Waals surface area contributed by atoms with Crippen LogP contribution in [0.2, 0.25) is 0 Å². The van der Waals surface area contributed by atoms with E-state index in [-0.39, 0.29) is 13.2 Å². The van der Waals surface area contributed by atoms with Gasteiger partial charge in [0.25, 0.3) is 0 Å². The van der Waals surface area contributed by atoms with Crippen molar-refractivity contribution in [3.8, 4) is 0 Å². The Bertz CT molecular complexity index is 1100. The Labute approximate surface area is 290 Å². The quantitative estimate of drug-likeness (QED) is 0.110. The molecule has 2 fully saturated rings. The molecule has 0 heterocycles. The van der Waals surface area contributed by atoms with Crippen LogP contribution < -0.4 is 0 Å². The Morgan fingerprint density at radius 3 is 1.23 bits per heavy atom. The molecule has 266 valence electrons. The van der Waals surface area contributed by atoms with Gasteiger partial charge in [-0.2, -0.15) is 0 Å². The molecular formula is C42H62O6. The molecule has 0 amide bonds. The molecule has 0 unspecified atom stereocenters. The lowest BCUT2D eigenvalue weighted by molar-refractivity contribution is -0.179. The number of unbranched alkanes of at least 4 members (excludes halogenated alkanes) is 4. The summed E-state index contributed by atoms with van der Waals surface area (Å²) < 4.78 is 21.9. The van der Waals surface area contributed by atoms with Crippen LogP contribution in [0, 0.1) is 11.8 Å². The standard InChI is InChI=1S/C42H62O6/c1-5-7-9-11-31-13-21-35(22-14-31)37-25-17-33(18-26-37)29-47-41(43)39(45-3)40(46-4)42(44)48-30-34-19-27-38(28-20-34)36-23-15-32(16-24-36)12-10-8-6-2/h17-20,25-28,31-32,35-36,39-40H,5-16,21-24,29-30H2,1-4H3/t31?,32?,35?,36?,39-,40-/m1/s1. The third-order valence-corrected chi connectivity index (χ3v) is 11.0. The molecule has 2 atom stereocenters. The van der Waals surface area contributed by atoms with Gasteiger partial charge in [-0.1, -0.05) is 114 Å². The second-order valence-electron chi connectivity index (χ2n) is 14.4. The van der Waals surface area contributed by atoms with Crippen molar-refractivity contribution < 1.29 is 28.5 Å². The third-order valence-electron chi connectivity index (χ3n) is 11.0. The van der Waals surface area contributed by atoms with E-state index in [0.29, 0.717) is 11.8 Å². The van der Waals surface area contributed by atoms with Crippen molar-refractivity contribution in [3.63, 3.8) is 0 Å². The Balaban J connectivity index is 1.19. The average molecular weight is 663 g/mol. The summed E-state index contributed by atoms with van der Waals surface area (Å²) >= 11 is 0. The summed E-state index contributed by atoms with van der Waals surface area (Å²) in [6.45, 7) is 4.74. The van der Waals surface area contributed by atoms with Crippen LogP contribution in [0.4, 0.5) is 0 Å². The number of carbonyl (C=O) groups excluding carboxylic acids is 2. The van der Waals surface area contributed by atoms with Crippen molar-refractivity contribution in [2.75, 3.05) is 14.2 Å². The van der Waals surface area contributed by atoms with Gasteiger partial charge in [0.2, 0.25) is 0 Å². The lowest BCUT2D eigenvalue weighted by atomic mass is 9.77. The Morgan fingerprint density at radius 2 is 0.917 bits per heavy atom. The van der Waals surface area contributed by atoms with E-state index in [9.17, 15) is 9.59 Å². The molecule has 6 heteroatoms. The smallest absolute Gasteiger partial charge is 0.338 e. The van der Waals surface area contributed by atoms with Crippen molar-refractivity contribution in [3.05, 3.63) is 70.8 Å². The van der Waals surface area contributed by atoms with Crippen molar-refractivity contribution in [2.45, 2.75) is 154 Å². The van der Waals surface area contributed by atoms with E-state index in [1.807, 2.05) is 24.3 Å². The maximum absolute atomic E-state index is 13.0. The first-order chi connectivity index (χ1) is 23.4. The zero-order chi connectivity index (χ0) is 34.1. The summed E-state index contributed by atoms with van der Waals surface area (Å²) in [7, 11) is 2.74. The van der Waals surface area contributed by atoms with Crippen LogP contribution >= 0.6 is 0 Å². The fourth-order valence-electron chi connectivity index (χ4n) is 7.87. The topological polar surface area (TPSA) is 71.1 Å². The van der Waals surface area contributed by atoms with Crippen molar-refractivity contribution in [1.29, 1.82) is 0 Å². The summed E-state index contributed by atoms with van der Waals surface area (Å²) in [5, 5.41) is 0. The van der Waals surface area contributed by atoms with Crippen LogP contribution in [0.25, 0.3) is 0 Å². The van der Waals surface area contributed by atoms with Crippen molar-refractivity contribution in [1.82, 2.24) is 0 Å². The van der Waals surface area contributed by atoms with E-state index < -0.39 is 24.1 Å². The molecule has 0 aliphatic heterocycles. The highest BCUT2D eigenvalue weighted by Gasteiger charge is 2.37. The second-order valence-corrected chi connectivity index (χ2v) is 14.4. The van der Waals surface area contributed by atoms with Crippen LogP contribution in [0.15, 0.2) is 48.5 Å². The van der Waals surface area contributed by atoms with Crippen molar-refractivity contribution in [2.24, 2.45) is 11.8 Å². The highest BCUT2D eigenvalue weighted by atomic mass is 16.6. The molecule has 0 N–H and O–H groups in total. The van der Waals surface area contributed by atoms with Crippen LogP contribution in [0.1, 0.15) is 151 Å². The summed E-state index contributed by atoms with van der Waals surface area (Å²) in [6.07, 6.45) is 18.6. The van der Waals surface area contributed by atoms with Gasteiger partial charge in [0.15, 0.2) is 12.2 Å². The average Bonchev–Trinajstić information content (AvgIpc) is 3.13. The van der Waals surface area contributed by atoms with Gasteiger partial charge in [-0.05, 0) is 97.3 Å². The lowest BCUT2D eigenvalue weighted by Gasteiger charge is -2.29. The third kappa shape index (κ3) is 11.7. The van der Waals surface area contributed by atoms with Crippen molar-refractivity contribution >= 4 is 11.9 Å². The number of ether oxygens (including phenoxy) is 4. The summed E-state index contributed by atoms with van der Waals surface area (Å²) in [4.78, 5) is 26.0. The molecule has 0 radical (unpaired) electrons. The molecule has 48 heavy (non-hydrogen) atoms. The first-order valence-electron chi connectivity index (χ1n) is 19.0. The maximum Gasteiger partial charge on any atom is 0.338 e. The zero-order valence-electron chi connectivity index (χ0n) is 30.3. The number of methoxy groups -OCH3 is 2. The van der Waals surface area contributed by atoms with E-state index in [1.54, 1.807) is 0 Å². The molecule has 2 saturated carbocycles. The highest BCUT2D eigenvalue weighted by Crippen LogP contribution is 2.39. The van der Waals surface area contributed by atoms with E-state index in [4.69, 9.17) is 18.9 Å². The van der Waals surface area contributed by atoms with Gasteiger partial charge in [0.05, 0.1) is 0 Å². The molecule has 2 aliphatic rings. The Kier molecular flexibility index (Phi) is 16.5. The van der Waals surface area contributed by atoms with Gasteiger partial charge in [0, 0.05) is 14.2 Å². The lowest BCUT2D eigenvalue weighted by Crippen LogP contribution is -2.44. The van der Waals surface area contributed by atoms with Gasteiger partial charge < -0.3 is 18.9 Å². The fraction of sp³-hybridized carbons (Fsp3) is 0.667. The SMILES string of the molecule is CCCCCC1CCC(c2ccc(COC(=O)[C@H](OC)[C@@H](OC)C(=O)OCc3ccc(C4CCC(CCCCC)CC4)cc3)cc2)CC1. The van der Waals surface area contributed by atoms with Gasteiger partial charge in [0.1, 0.15) is 13.2 Å². The predicted octanol–water partition coefficient (Wildman–Crippen LogP) is 10.2. The van der Waals surface area contributed by atoms with Crippen LogP contribution in [-0.2, 0) is 41.8 Å². The molecule has 2 aromatic carbocycles. The van der Waals surface area contributed by atoms with E-state index in [2.05, 4.69) is 38.1 Å². The monoisotopic (exact) mass is 662 g/mol. The van der Waals surface area contributed by atoms with E-state index in [0.717, 1.165) is 23.0 Å². The van der Waals surface area contributed by atoms with E-state index in [1.165, 1.54) is 128 Å². The molecule has 0 spiro atoms. The maximum atomic E-state index is 13.0. The number of rotatable bonds is 19. The number of hydrogen-bond donors (Lipinski definition) is 0. The van der Waals surface area contributed by atoms with E-state index >= 15 is 0 Å².